The molecule has 0 saturated heterocycles. The van der Waals surface area contributed by atoms with Gasteiger partial charge in [-0.25, -0.2) is 13.8 Å². The van der Waals surface area contributed by atoms with Gasteiger partial charge in [-0.2, -0.15) is 0 Å². The molecule has 128 valence electrons. The summed E-state index contributed by atoms with van der Waals surface area (Å²) in [6.45, 7) is 3.86. The van der Waals surface area contributed by atoms with Crippen LogP contribution in [0.25, 0.3) is 5.57 Å². The summed E-state index contributed by atoms with van der Waals surface area (Å²) < 4.78 is 6.60. The lowest BCUT2D eigenvalue weighted by molar-refractivity contribution is -0.712. The summed E-state index contributed by atoms with van der Waals surface area (Å²) in [7, 11) is 3.64. The second kappa shape index (κ2) is 7.47. The van der Waals surface area contributed by atoms with E-state index in [2.05, 4.69) is 4.98 Å². The third-order valence-electron chi connectivity index (χ3n) is 3.51. The molecule has 1 aliphatic heterocycles. The standard InChI is InChI=1S/C15H21ClN3O3.ClH/c1-5-22-15(21)12-8-17-13-11(9-19(3,4)16)7-6-10(2)18(13)14(12)20;/h8-10H,5-7H2,1-4H3;1H/q+1;/p-1. The molecule has 0 aromatic carbocycles. The summed E-state index contributed by atoms with van der Waals surface area (Å²) in [4.78, 5) is 28.8. The Morgan fingerprint density at radius 2 is 2.22 bits per heavy atom. The number of hydrogen-bond donors (Lipinski definition) is 0. The minimum atomic E-state index is -0.632. The van der Waals surface area contributed by atoms with Gasteiger partial charge < -0.3 is 17.1 Å². The van der Waals surface area contributed by atoms with Crippen molar-refractivity contribution in [1.29, 1.82) is 0 Å². The van der Waals surface area contributed by atoms with Crippen LogP contribution in [-0.4, -0.2) is 40.2 Å². The Balaban J connectivity index is 0.00000264. The van der Waals surface area contributed by atoms with Crippen molar-refractivity contribution in [3.05, 3.63) is 34.1 Å². The molecule has 1 aliphatic rings. The first kappa shape index (κ1) is 19.7. The first-order chi connectivity index (χ1) is 10.2. The van der Waals surface area contributed by atoms with E-state index in [1.807, 2.05) is 27.2 Å². The number of hydrogen-bond acceptors (Lipinski definition) is 4. The first-order valence-electron chi connectivity index (χ1n) is 7.28. The molecule has 0 aliphatic carbocycles. The molecular weight excluding hydrogens is 341 g/mol. The zero-order valence-electron chi connectivity index (χ0n) is 13.7. The molecule has 0 radical (unpaired) electrons. The van der Waals surface area contributed by atoms with E-state index in [9.17, 15) is 9.59 Å². The molecule has 0 saturated carbocycles. The Morgan fingerprint density at radius 3 is 2.78 bits per heavy atom. The van der Waals surface area contributed by atoms with Crippen molar-refractivity contribution < 1.29 is 25.9 Å². The average Bonchev–Trinajstić information content (AvgIpc) is 2.41. The van der Waals surface area contributed by atoms with E-state index < -0.39 is 5.97 Å². The predicted molar refractivity (Wildman–Crippen MR) is 84.3 cm³/mol. The van der Waals surface area contributed by atoms with E-state index in [-0.39, 0.29) is 40.2 Å². The summed E-state index contributed by atoms with van der Waals surface area (Å²) in [5.41, 5.74) is 0.519. The smallest absolute Gasteiger partial charge is 0.345 e. The van der Waals surface area contributed by atoms with Crippen LogP contribution in [0, 0.1) is 0 Å². The Morgan fingerprint density at radius 1 is 1.57 bits per heavy atom. The Hall–Kier alpha value is -1.37. The first-order valence-corrected chi connectivity index (χ1v) is 7.62. The van der Waals surface area contributed by atoms with Crippen LogP contribution in [0.5, 0.6) is 0 Å². The lowest BCUT2D eigenvalue weighted by atomic mass is 10.0. The van der Waals surface area contributed by atoms with E-state index in [4.69, 9.17) is 16.5 Å². The topological polar surface area (TPSA) is 61.2 Å². The van der Waals surface area contributed by atoms with Gasteiger partial charge in [-0.15, -0.1) is 0 Å². The van der Waals surface area contributed by atoms with Gasteiger partial charge >= 0.3 is 5.97 Å². The summed E-state index contributed by atoms with van der Waals surface area (Å²) in [5.74, 6) is -0.0595. The normalized spacial score (nSPS) is 19.0. The number of quaternary nitrogens is 1. The van der Waals surface area contributed by atoms with Crippen molar-refractivity contribution in [1.82, 2.24) is 9.55 Å². The van der Waals surface area contributed by atoms with Gasteiger partial charge in [0, 0.05) is 17.8 Å². The van der Waals surface area contributed by atoms with Crippen LogP contribution in [0.3, 0.4) is 0 Å². The molecule has 0 N–H and O–H groups in total. The van der Waals surface area contributed by atoms with Gasteiger partial charge in [0.05, 0.1) is 20.7 Å². The van der Waals surface area contributed by atoms with Crippen molar-refractivity contribution in [2.24, 2.45) is 0 Å². The third kappa shape index (κ3) is 4.34. The number of rotatable bonds is 3. The second-order valence-corrected chi connectivity index (χ2v) is 6.70. The van der Waals surface area contributed by atoms with Crippen molar-refractivity contribution in [3.63, 3.8) is 0 Å². The highest BCUT2D eigenvalue weighted by molar-refractivity contribution is 6.07. The maximum atomic E-state index is 12.6. The number of esters is 1. The van der Waals surface area contributed by atoms with Crippen LogP contribution in [0.1, 0.15) is 48.9 Å². The molecule has 0 spiro atoms. The van der Waals surface area contributed by atoms with Crippen LogP contribution in [0.4, 0.5) is 0 Å². The number of allylic oxidation sites excluding steroid dienone is 1. The van der Waals surface area contributed by atoms with Crippen LogP contribution in [0.15, 0.2) is 17.2 Å². The van der Waals surface area contributed by atoms with Crippen LogP contribution in [0.2, 0.25) is 0 Å². The summed E-state index contributed by atoms with van der Waals surface area (Å²) in [6.07, 6.45) is 4.74. The van der Waals surface area contributed by atoms with E-state index >= 15 is 0 Å². The third-order valence-corrected chi connectivity index (χ3v) is 3.61. The fraction of sp³-hybridized carbons (Fsp3) is 0.533. The quantitative estimate of drug-likeness (QED) is 0.530. The zero-order valence-corrected chi connectivity index (χ0v) is 15.2. The molecule has 2 heterocycles. The molecule has 0 amide bonds. The number of carbonyl (C=O) groups excluding carboxylic acids is 1. The largest absolute Gasteiger partial charge is 1.00 e. The lowest BCUT2D eigenvalue weighted by Gasteiger charge is -2.27. The van der Waals surface area contributed by atoms with Gasteiger partial charge in [-0.3, -0.25) is 9.36 Å². The molecule has 1 aromatic rings. The van der Waals surface area contributed by atoms with E-state index in [0.717, 1.165) is 18.4 Å². The van der Waals surface area contributed by atoms with Crippen molar-refractivity contribution >= 4 is 23.3 Å². The summed E-state index contributed by atoms with van der Waals surface area (Å²) in [6, 6.07) is -0.0209. The predicted octanol–water partition coefficient (Wildman–Crippen LogP) is -0.650. The molecule has 2 rings (SSSR count). The van der Waals surface area contributed by atoms with Crippen molar-refractivity contribution in [2.45, 2.75) is 32.7 Å². The Kier molecular flexibility index (Phi) is 6.39. The number of halogens is 2. The second-order valence-electron chi connectivity index (χ2n) is 5.83. The maximum absolute atomic E-state index is 12.6. The molecule has 0 bridgehead atoms. The van der Waals surface area contributed by atoms with E-state index in [0.29, 0.717) is 5.82 Å². The van der Waals surface area contributed by atoms with E-state index in [1.54, 1.807) is 11.5 Å². The highest BCUT2D eigenvalue weighted by atomic mass is 35.5. The molecular formula is C15H21Cl2N3O3. The van der Waals surface area contributed by atoms with Crippen molar-refractivity contribution in [2.75, 3.05) is 20.7 Å². The molecule has 0 fully saturated rings. The van der Waals surface area contributed by atoms with Crippen molar-refractivity contribution in [3.8, 4) is 0 Å². The minimum absolute atomic E-state index is 0. The number of nitrogens with zero attached hydrogens (tertiary/aromatic N) is 3. The van der Waals surface area contributed by atoms with Gasteiger partial charge in [0.1, 0.15) is 17.6 Å². The van der Waals surface area contributed by atoms with Crippen LogP contribution in [-0.2, 0) is 4.74 Å². The van der Waals surface area contributed by atoms with E-state index in [1.165, 1.54) is 6.20 Å². The highest BCUT2D eigenvalue weighted by Crippen LogP contribution is 2.31. The number of aromatic nitrogens is 2. The summed E-state index contributed by atoms with van der Waals surface area (Å²) >= 11 is 6.20. The van der Waals surface area contributed by atoms with Gasteiger partial charge in [0.15, 0.2) is 11.8 Å². The Bertz CT molecular complexity index is 678. The van der Waals surface area contributed by atoms with Crippen LogP contribution < -0.4 is 18.0 Å². The molecule has 23 heavy (non-hydrogen) atoms. The molecule has 1 unspecified atom stereocenters. The maximum Gasteiger partial charge on any atom is 0.345 e. The fourth-order valence-electron chi connectivity index (χ4n) is 2.56. The average molecular weight is 362 g/mol. The van der Waals surface area contributed by atoms with Crippen LogP contribution >= 0.6 is 11.8 Å². The molecule has 1 aromatic heterocycles. The minimum Gasteiger partial charge on any atom is -1.00 e. The number of carbonyl (C=O) groups is 1. The number of fused-ring (bicyclic) bond motifs is 1. The number of ether oxygens (including phenoxy) is 1. The Labute approximate surface area is 146 Å². The lowest BCUT2D eigenvalue weighted by Crippen LogP contribution is -3.00. The van der Waals surface area contributed by atoms with Gasteiger partial charge in [0.2, 0.25) is 0 Å². The molecule has 1 atom stereocenters. The molecule has 8 heteroatoms. The van der Waals surface area contributed by atoms with Gasteiger partial charge in [-0.1, -0.05) is 0 Å². The highest BCUT2D eigenvalue weighted by Gasteiger charge is 2.28. The SMILES string of the molecule is CCOC(=O)c1cnc2n(c1=O)C(C)CCC2=C[N+](C)(C)Cl.[Cl-]. The van der Waals surface area contributed by atoms with Gasteiger partial charge in [0.25, 0.3) is 5.56 Å². The zero-order chi connectivity index (χ0) is 16.5. The fourth-order valence-corrected chi connectivity index (χ4v) is 2.68. The monoisotopic (exact) mass is 361 g/mol. The molecule has 6 nitrogen and oxygen atoms in total. The van der Waals surface area contributed by atoms with Gasteiger partial charge in [-0.05, 0) is 26.7 Å². The summed E-state index contributed by atoms with van der Waals surface area (Å²) in [5, 5.41) is 0.